The largest absolute Gasteiger partial charge is 0.379 e. The van der Waals surface area contributed by atoms with Gasteiger partial charge in [0.15, 0.2) is 0 Å². The van der Waals surface area contributed by atoms with E-state index in [2.05, 4.69) is 12.2 Å². The molecule has 96 valence electrons. The Hall–Kier alpha value is -0.610. The first-order valence-electron chi connectivity index (χ1n) is 6.11. The van der Waals surface area contributed by atoms with Crippen molar-refractivity contribution < 1.29 is 14.3 Å². The molecule has 0 atom stereocenters. The van der Waals surface area contributed by atoms with Gasteiger partial charge in [0.2, 0.25) is 5.91 Å². The molecule has 0 unspecified atom stereocenters. The number of ether oxygens (including phenoxy) is 2. The van der Waals surface area contributed by atoms with Crippen LogP contribution in [-0.4, -0.2) is 38.9 Å². The molecule has 0 radical (unpaired) electrons. The summed E-state index contributed by atoms with van der Waals surface area (Å²) in [6, 6.07) is 0. The van der Waals surface area contributed by atoms with Crippen LogP contribution in [0.1, 0.15) is 33.6 Å². The predicted octanol–water partition coefficient (Wildman–Crippen LogP) is 1.59. The second kappa shape index (κ2) is 10.9. The molecule has 4 nitrogen and oxygen atoms in total. The Labute approximate surface area is 98.7 Å². The highest BCUT2D eigenvalue weighted by atomic mass is 16.5. The lowest BCUT2D eigenvalue weighted by molar-refractivity contribution is -0.124. The molecule has 0 aliphatic carbocycles. The van der Waals surface area contributed by atoms with Crippen LogP contribution in [0.5, 0.6) is 0 Å². The molecule has 0 aromatic heterocycles. The van der Waals surface area contributed by atoms with Crippen LogP contribution in [0.3, 0.4) is 0 Å². The molecule has 0 saturated heterocycles. The summed E-state index contributed by atoms with van der Waals surface area (Å²) in [4.78, 5) is 11.2. The second-order valence-corrected chi connectivity index (χ2v) is 4.02. The van der Waals surface area contributed by atoms with E-state index in [1.54, 1.807) is 0 Å². The van der Waals surface area contributed by atoms with Gasteiger partial charge in [-0.05, 0) is 6.42 Å². The minimum Gasteiger partial charge on any atom is -0.379 e. The van der Waals surface area contributed by atoms with Gasteiger partial charge < -0.3 is 14.8 Å². The molecule has 0 bridgehead atoms. The first kappa shape index (κ1) is 15.4. The van der Waals surface area contributed by atoms with Crippen molar-refractivity contribution in [3.8, 4) is 0 Å². The summed E-state index contributed by atoms with van der Waals surface area (Å²) in [6.45, 7) is 9.05. The minimum atomic E-state index is 0.0392. The molecule has 0 aromatic rings. The van der Waals surface area contributed by atoms with Crippen molar-refractivity contribution in [2.24, 2.45) is 5.92 Å². The maximum atomic E-state index is 11.2. The van der Waals surface area contributed by atoms with E-state index in [4.69, 9.17) is 9.47 Å². The summed E-state index contributed by atoms with van der Waals surface area (Å²) in [6.07, 6.45) is 2.26. The first-order valence-corrected chi connectivity index (χ1v) is 6.11. The third kappa shape index (κ3) is 9.93. The molecule has 16 heavy (non-hydrogen) atoms. The molecule has 0 rings (SSSR count). The van der Waals surface area contributed by atoms with E-state index in [1.165, 1.54) is 0 Å². The number of nitrogens with one attached hydrogen (secondary N) is 1. The lowest BCUT2D eigenvalue weighted by atomic mass is 10.2. The van der Waals surface area contributed by atoms with Crippen molar-refractivity contribution >= 4 is 5.91 Å². The highest BCUT2D eigenvalue weighted by Crippen LogP contribution is 1.90. The highest BCUT2D eigenvalue weighted by molar-refractivity contribution is 5.77. The number of unbranched alkanes of at least 4 members (excludes halogenated alkanes) is 1. The summed E-state index contributed by atoms with van der Waals surface area (Å²) in [5, 5.41) is 2.79. The van der Waals surface area contributed by atoms with Crippen LogP contribution < -0.4 is 5.32 Å². The fourth-order valence-corrected chi connectivity index (χ4v) is 1.02. The van der Waals surface area contributed by atoms with E-state index in [0.717, 1.165) is 19.4 Å². The predicted molar refractivity (Wildman–Crippen MR) is 64.4 cm³/mol. The van der Waals surface area contributed by atoms with Gasteiger partial charge in [-0.1, -0.05) is 27.2 Å². The molecule has 0 aliphatic rings. The van der Waals surface area contributed by atoms with Crippen LogP contribution in [0.4, 0.5) is 0 Å². The van der Waals surface area contributed by atoms with Gasteiger partial charge in [0.05, 0.1) is 19.8 Å². The quantitative estimate of drug-likeness (QED) is 0.581. The normalized spacial score (nSPS) is 10.8. The molecular weight excluding hydrogens is 206 g/mol. The maximum absolute atomic E-state index is 11.2. The van der Waals surface area contributed by atoms with Gasteiger partial charge in [0.25, 0.3) is 0 Å². The van der Waals surface area contributed by atoms with E-state index in [-0.39, 0.29) is 11.8 Å². The molecule has 4 heteroatoms. The van der Waals surface area contributed by atoms with Crippen LogP contribution in [0.15, 0.2) is 0 Å². The van der Waals surface area contributed by atoms with Crippen molar-refractivity contribution in [2.45, 2.75) is 33.6 Å². The van der Waals surface area contributed by atoms with Crippen molar-refractivity contribution in [1.82, 2.24) is 5.32 Å². The second-order valence-electron chi connectivity index (χ2n) is 4.02. The van der Waals surface area contributed by atoms with Gasteiger partial charge >= 0.3 is 0 Å². The number of hydrogen-bond acceptors (Lipinski definition) is 3. The van der Waals surface area contributed by atoms with Gasteiger partial charge in [-0.15, -0.1) is 0 Å². The monoisotopic (exact) mass is 231 g/mol. The van der Waals surface area contributed by atoms with Crippen LogP contribution in [0.25, 0.3) is 0 Å². The highest BCUT2D eigenvalue weighted by Gasteiger charge is 2.04. The summed E-state index contributed by atoms with van der Waals surface area (Å²) in [7, 11) is 0. The standard InChI is InChI=1S/C12H25NO3/c1-4-5-7-15-9-10-16-8-6-13-12(14)11(2)3/h11H,4-10H2,1-3H3,(H,13,14). The van der Waals surface area contributed by atoms with Gasteiger partial charge in [-0.25, -0.2) is 0 Å². The van der Waals surface area contributed by atoms with Crippen molar-refractivity contribution in [2.75, 3.05) is 33.0 Å². The van der Waals surface area contributed by atoms with E-state index in [9.17, 15) is 4.79 Å². The number of hydrogen-bond donors (Lipinski definition) is 1. The van der Waals surface area contributed by atoms with E-state index in [1.807, 2.05) is 13.8 Å². The fourth-order valence-electron chi connectivity index (χ4n) is 1.02. The summed E-state index contributed by atoms with van der Waals surface area (Å²) < 4.78 is 10.6. The molecule has 0 heterocycles. The Kier molecular flexibility index (Phi) is 10.5. The summed E-state index contributed by atoms with van der Waals surface area (Å²) in [5.74, 6) is 0.111. The third-order valence-corrected chi connectivity index (χ3v) is 2.08. The third-order valence-electron chi connectivity index (χ3n) is 2.08. The molecule has 1 N–H and O–H groups in total. The van der Waals surface area contributed by atoms with Crippen LogP contribution in [0, 0.1) is 5.92 Å². The SMILES string of the molecule is CCCCOCCOCCNC(=O)C(C)C. The lowest BCUT2D eigenvalue weighted by Gasteiger charge is -2.08. The zero-order valence-electron chi connectivity index (χ0n) is 10.8. The van der Waals surface area contributed by atoms with Crippen LogP contribution in [0.2, 0.25) is 0 Å². The Morgan fingerprint density at radius 1 is 1.12 bits per heavy atom. The fraction of sp³-hybridized carbons (Fsp3) is 0.917. The van der Waals surface area contributed by atoms with Gasteiger partial charge in [0, 0.05) is 19.1 Å². The Morgan fingerprint density at radius 2 is 1.75 bits per heavy atom. The van der Waals surface area contributed by atoms with E-state index in [0.29, 0.717) is 26.4 Å². The molecule has 0 aromatic carbocycles. The maximum Gasteiger partial charge on any atom is 0.222 e. The van der Waals surface area contributed by atoms with Crippen LogP contribution >= 0.6 is 0 Å². The minimum absolute atomic E-state index is 0.0392. The Bertz CT molecular complexity index is 172. The number of amides is 1. The topological polar surface area (TPSA) is 47.6 Å². The first-order chi connectivity index (χ1) is 7.68. The zero-order chi connectivity index (χ0) is 12.2. The average Bonchev–Trinajstić information content (AvgIpc) is 2.26. The molecule has 0 spiro atoms. The summed E-state index contributed by atoms with van der Waals surface area (Å²) in [5.41, 5.74) is 0. The molecule has 0 aliphatic heterocycles. The van der Waals surface area contributed by atoms with E-state index >= 15 is 0 Å². The smallest absolute Gasteiger partial charge is 0.222 e. The lowest BCUT2D eigenvalue weighted by Crippen LogP contribution is -2.31. The van der Waals surface area contributed by atoms with E-state index < -0.39 is 0 Å². The number of carbonyl (C=O) groups is 1. The summed E-state index contributed by atoms with van der Waals surface area (Å²) >= 11 is 0. The molecular formula is C12H25NO3. The average molecular weight is 231 g/mol. The van der Waals surface area contributed by atoms with Crippen molar-refractivity contribution in [1.29, 1.82) is 0 Å². The number of rotatable bonds is 10. The van der Waals surface area contributed by atoms with Gasteiger partial charge in [-0.3, -0.25) is 4.79 Å². The Balaban J connectivity index is 3.07. The zero-order valence-corrected chi connectivity index (χ0v) is 10.8. The molecule has 0 fully saturated rings. The molecule has 1 amide bonds. The van der Waals surface area contributed by atoms with Crippen molar-refractivity contribution in [3.05, 3.63) is 0 Å². The Morgan fingerprint density at radius 3 is 2.31 bits per heavy atom. The van der Waals surface area contributed by atoms with Crippen LogP contribution in [-0.2, 0) is 14.3 Å². The molecule has 0 saturated carbocycles. The van der Waals surface area contributed by atoms with Gasteiger partial charge in [0.1, 0.15) is 0 Å². The number of carbonyl (C=O) groups excluding carboxylic acids is 1. The van der Waals surface area contributed by atoms with Gasteiger partial charge in [-0.2, -0.15) is 0 Å². The van der Waals surface area contributed by atoms with Crippen molar-refractivity contribution in [3.63, 3.8) is 0 Å².